The van der Waals surface area contributed by atoms with Crippen LogP contribution in [-0.2, 0) is 15.1 Å². The molecule has 0 spiro atoms. The van der Waals surface area contributed by atoms with Crippen molar-refractivity contribution < 1.29 is 19.4 Å². The van der Waals surface area contributed by atoms with Crippen LogP contribution in [0.1, 0.15) is 45.5 Å². The summed E-state index contributed by atoms with van der Waals surface area (Å²) in [4.78, 5) is 15.5. The number of carbonyl (C=O) groups is 1. The number of nitrogens with zero attached hydrogens (tertiary/aromatic N) is 1. The molecular formula is C20H28N2O4S. The number of carbonyl (C=O) groups excluding carboxylic acids is 1. The lowest BCUT2D eigenvalue weighted by atomic mass is 9.83. The summed E-state index contributed by atoms with van der Waals surface area (Å²) >= 11 is 1.50. The predicted octanol–water partition coefficient (Wildman–Crippen LogP) is 3.22. The van der Waals surface area contributed by atoms with Gasteiger partial charge in [-0.1, -0.05) is 0 Å². The van der Waals surface area contributed by atoms with Crippen molar-refractivity contribution in [2.75, 3.05) is 13.2 Å². The first-order valence-corrected chi connectivity index (χ1v) is 10.2. The zero-order chi connectivity index (χ0) is 19.6. The summed E-state index contributed by atoms with van der Waals surface area (Å²) in [6, 6.07) is 5.90. The van der Waals surface area contributed by atoms with Gasteiger partial charge in [-0.3, -0.25) is 4.79 Å². The van der Waals surface area contributed by atoms with Crippen molar-refractivity contribution in [2.24, 2.45) is 5.92 Å². The summed E-state index contributed by atoms with van der Waals surface area (Å²) in [7, 11) is 0. The Morgan fingerprint density at radius 3 is 2.85 bits per heavy atom. The van der Waals surface area contributed by atoms with Crippen molar-refractivity contribution >= 4 is 27.5 Å². The first-order valence-electron chi connectivity index (χ1n) is 9.35. The van der Waals surface area contributed by atoms with Gasteiger partial charge in [0.05, 0.1) is 29.5 Å². The molecule has 0 saturated heterocycles. The van der Waals surface area contributed by atoms with Crippen molar-refractivity contribution in [3.8, 4) is 5.75 Å². The Balaban J connectivity index is 1.43. The molecular weight excluding hydrogens is 364 g/mol. The average Bonchev–Trinajstić information content (AvgIpc) is 2.95. The van der Waals surface area contributed by atoms with Gasteiger partial charge in [0.15, 0.2) is 0 Å². The molecule has 1 aliphatic rings. The van der Waals surface area contributed by atoms with E-state index in [4.69, 9.17) is 9.47 Å². The highest BCUT2D eigenvalue weighted by atomic mass is 32.1. The van der Waals surface area contributed by atoms with Crippen LogP contribution in [-0.4, -0.2) is 41.4 Å². The summed E-state index contributed by atoms with van der Waals surface area (Å²) < 4.78 is 12.8. The number of fused-ring (bicyclic) bond motifs is 1. The molecule has 1 saturated carbocycles. The normalized spacial score (nSPS) is 20.9. The Bertz CT molecular complexity index is 793. The summed E-state index contributed by atoms with van der Waals surface area (Å²) in [5, 5.41) is 13.6. The number of aliphatic hydroxyl groups is 1. The third-order valence-corrected chi connectivity index (χ3v) is 5.92. The Morgan fingerprint density at radius 2 is 2.19 bits per heavy atom. The van der Waals surface area contributed by atoms with Crippen LogP contribution >= 0.6 is 11.3 Å². The molecule has 2 aromatic rings. The van der Waals surface area contributed by atoms with Crippen LogP contribution in [0.2, 0.25) is 0 Å². The Kier molecular flexibility index (Phi) is 6.03. The van der Waals surface area contributed by atoms with Gasteiger partial charge in [-0.2, -0.15) is 0 Å². The lowest BCUT2D eigenvalue weighted by molar-refractivity contribution is -0.120. The standard InChI is InChI=1S/C20H28N2O4S/c1-12(21-13(2)23)10-25-16-7-14(8-16)11-26-15-5-6-17-18(9-15)27-19(22-17)20(3,4)24/h5-6,9,12,14,16,24H,7-8,10-11H2,1-4H3,(H,21,23)/t12-,14-,16-/m0/s1. The van der Waals surface area contributed by atoms with Gasteiger partial charge in [-0.15, -0.1) is 11.3 Å². The van der Waals surface area contributed by atoms with Crippen LogP contribution in [0.5, 0.6) is 5.75 Å². The fourth-order valence-corrected chi connectivity index (χ4v) is 4.08. The molecule has 27 heavy (non-hydrogen) atoms. The van der Waals surface area contributed by atoms with Gasteiger partial charge < -0.3 is 19.9 Å². The first-order chi connectivity index (χ1) is 12.7. The van der Waals surface area contributed by atoms with Crippen LogP contribution in [0.3, 0.4) is 0 Å². The maximum atomic E-state index is 11.0. The maximum Gasteiger partial charge on any atom is 0.217 e. The second kappa shape index (κ2) is 8.12. The molecule has 2 N–H and O–H groups in total. The minimum absolute atomic E-state index is 0.0291. The number of thiazole rings is 1. The van der Waals surface area contributed by atoms with Gasteiger partial charge in [-0.05, 0) is 57.7 Å². The average molecular weight is 393 g/mol. The quantitative estimate of drug-likeness (QED) is 0.721. The van der Waals surface area contributed by atoms with Crippen LogP contribution in [0.25, 0.3) is 10.2 Å². The number of rotatable bonds is 8. The number of aromatic nitrogens is 1. The van der Waals surface area contributed by atoms with Gasteiger partial charge in [0.25, 0.3) is 0 Å². The van der Waals surface area contributed by atoms with Gasteiger partial charge in [0.2, 0.25) is 5.91 Å². The largest absolute Gasteiger partial charge is 0.493 e. The second-order valence-electron chi connectivity index (χ2n) is 7.91. The number of amides is 1. The van der Waals surface area contributed by atoms with Gasteiger partial charge in [0.1, 0.15) is 16.4 Å². The summed E-state index contributed by atoms with van der Waals surface area (Å²) in [5.41, 5.74) is -0.0434. The second-order valence-corrected chi connectivity index (χ2v) is 8.94. The van der Waals surface area contributed by atoms with Crippen LogP contribution in [0.15, 0.2) is 18.2 Å². The lowest BCUT2D eigenvalue weighted by Gasteiger charge is -2.35. The number of hydrogen-bond donors (Lipinski definition) is 2. The molecule has 0 bridgehead atoms. The molecule has 1 heterocycles. The molecule has 1 aromatic heterocycles. The van der Waals surface area contributed by atoms with E-state index in [1.165, 1.54) is 18.3 Å². The summed E-state index contributed by atoms with van der Waals surface area (Å²) in [6.07, 6.45) is 2.23. The van der Waals surface area contributed by atoms with Crippen molar-refractivity contribution in [3.63, 3.8) is 0 Å². The molecule has 1 aliphatic carbocycles. The highest BCUT2D eigenvalue weighted by Crippen LogP contribution is 2.34. The summed E-state index contributed by atoms with van der Waals surface area (Å²) in [6.45, 7) is 8.16. The Morgan fingerprint density at radius 1 is 1.44 bits per heavy atom. The maximum absolute atomic E-state index is 11.0. The lowest BCUT2D eigenvalue weighted by Crippen LogP contribution is -2.40. The third kappa shape index (κ3) is 5.40. The van der Waals surface area contributed by atoms with E-state index in [1.54, 1.807) is 13.8 Å². The number of nitrogens with one attached hydrogen (secondary N) is 1. The number of hydrogen-bond acceptors (Lipinski definition) is 6. The van der Waals surface area contributed by atoms with E-state index in [1.807, 2.05) is 25.1 Å². The van der Waals surface area contributed by atoms with Crippen molar-refractivity contribution in [2.45, 2.75) is 58.3 Å². The molecule has 148 valence electrons. The minimum atomic E-state index is -0.927. The fraction of sp³-hybridized carbons (Fsp3) is 0.600. The predicted molar refractivity (Wildman–Crippen MR) is 106 cm³/mol. The third-order valence-electron chi connectivity index (χ3n) is 4.59. The van der Waals surface area contributed by atoms with Crippen molar-refractivity contribution in [1.82, 2.24) is 10.3 Å². The highest BCUT2D eigenvalue weighted by Gasteiger charge is 2.30. The van der Waals surface area contributed by atoms with E-state index in [2.05, 4.69) is 10.3 Å². The van der Waals surface area contributed by atoms with Crippen molar-refractivity contribution in [1.29, 1.82) is 0 Å². The molecule has 0 radical (unpaired) electrons. The van der Waals surface area contributed by atoms with Crippen molar-refractivity contribution in [3.05, 3.63) is 23.2 Å². The van der Waals surface area contributed by atoms with Crippen LogP contribution in [0.4, 0.5) is 0 Å². The molecule has 0 aliphatic heterocycles. The number of benzene rings is 1. The molecule has 1 fully saturated rings. The smallest absolute Gasteiger partial charge is 0.217 e. The zero-order valence-electron chi connectivity index (χ0n) is 16.3. The van der Waals surface area contributed by atoms with E-state index in [0.717, 1.165) is 28.8 Å². The summed E-state index contributed by atoms with van der Waals surface area (Å²) in [5.74, 6) is 1.30. The Labute approximate surface area is 163 Å². The molecule has 6 nitrogen and oxygen atoms in total. The molecule has 3 rings (SSSR count). The molecule has 1 atom stereocenters. The fourth-order valence-electron chi connectivity index (χ4n) is 3.09. The SMILES string of the molecule is CC(=O)N[C@@H](C)CO[C@H]1C[C@H](COc2ccc3nc(C(C)(C)O)sc3c2)C1. The van der Waals surface area contributed by atoms with E-state index >= 15 is 0 Å². The van der Waals surface area contributed by atoms with Gasteiger partial charge >= 0.3 is 0 Å². The van der Waals surface area contributed by atoms with Gasteiger partial charge in [0, 0.05) is 13.0 Å². The van der Waals surface area contributed by atoms with Gasteiger partial charge in [-0.25, -0.2) is 4.98 Å². The Hall–Kier alpha value is -1.70. The number of ether oxygens (including phenoxy) is 2. The monoisotopic (exact) mass is 392 g/mol. The minimum Gasteiger partial charge on any atom is -0.493 e. The molecule has 7 heteroatoms. The van der Waals surface area contributed by atoms with E-state index in [9.17, 15) is 9.90 Å². The molecule has 1 amide bonds. The van der Waals surface area contributed by atoms with E-state index in [0.29, 0.717) is 24.1 Å². The zero-order valence-corrected chi connectivity index (χ0v) is 17.1. The molecule has 0 unspecified atom stereocenters. The molecule has 1 aromatic carbocycles. The van der Waals surface area contributed by atoms with E-state index < -0.39 is 5.60 Å². The van der Waals surface area contributed by atoms with E-state index in [-0.39, 0.29) is 18.1 Å². The topological polar surface area (TPSA) is 80.7 Å². The van der Waals surface area contributed by atoms with Crippen LogP contribution < -0.4 is 10.1 Å². The first kappa shape index (κ1) is 20.0. The van der Waals surface area contributed by atoms with Crippen LogP contribution in [0, 0.1) is 5.92 Å². The highest BCUT2D eigenvalue weighted by molar-refractivity contribution is 7.18.